The number of amides is 1. The number of carbonyl (C=O) groups excluding carboxylic acids is 1. The smallest absolute Gasteiger partial charge is 0.233 e. The number of benzene rings is 1. The normalized spacial score (nSPS) is 14.9. The van der Waals surface area contributed by atoms with Crippen molar-refractivity contribution in [1.82, 2.24) is 4.90 Å². The first-order valence-electron chi connectivity index (χ1n) is 6.09. The van der Waals surface area contributed by atoms with Crippen molar-refractivity contribution in [3.05, 3.63) is 34.5 Å². The van der Waals surface area contributed by atoms with Crippen molar-refractivity contribution >= 4 is 33.2 Å². The van der Waals surface area contributed by atoms with Crippen LogP contribution in [0.1, 0.15) is 0 Å². The van der Waals surface area contributed by atoms with Gasteiger partial charge in [-0.15, -0.1) is 0 Å². The molecular formula is C12H13BrFN5O. The first-order chi connectivity index (χ1) is 9.65. The van der Waals surface area contributed by atoms with Crippen LogP contribution in [-0.4, -0.2) is 42.3 Å². The van der Waals surface area contributed by atoms with Gasteiger partial charge in [-0.1, -0.05) is 27.1 Å². The monoisotopic (exact) mass is 341 g/mol. The van der Waals surface area contributed by atoms with Gasteiger partial charge in [0.25, 0.3) is 0 Å². The van der Waals surface area contributed by atoms with Gasteiger partial charge < -0.3 is 9.80 Å². The third kappa shape index (κ3) is 3.20. The van der Waals surface area contributed by atoms with Crippen molar-refractivity contribution in [2.45, 2.75) is 0 Å². The lowest BCUT2D eigenvalue weighted by molar-refractivity contribution is -0.128. The van der Waals surface area contributed by atoms with E-state index in [4.69, 9.17) is 5.53 Å². The van der Waals surface area contributed by atoms with E-state index < -0.39 is 5.82 Å². The summed E-state index contributed by atoms with van der Waals surface area (Å²) in [6.45, 7) is 2.30. The Hall–Kier alpha value is -1.79. The van der Waals surface area contributed by atoms with Gasteiger partial charge in [0, 0.05) is 36.8 Å². The maximum absolute atomic E-state index is 14.0. The number of alkyl halides is 1. The van der Waals surface area contributed by atoms with Crippen LogP contribution in [0.4, 0.5) is 15.8 Å². The van der Waals surface area contributed by atoms with Gasteiger partial charge in [-0.2, -0.15) is 0 Å². The van der Waals surface area contributed by atoms with Crippen molar-refractivity contribution in [3.63, 3.8) is 0 Å². The minimum atomic E-state index is -0.421. The Balaban J connectivity index is 2.07. The lowest BCUT2D eigenvalue weighted by Crippen LogP contribution is -2.49. The number of nitrogens with zero attached hydrogens (tertiary/aromatic N) is 5. The molecule has 0 unspecified atom stereocenters. The highest BCUT2D eigenvalue weighted by Gasteiger charge is 2.22. The van der Waals surface area contributed by atoms with Crippen molar-refractivity contribution in [2.75, 3.05) is 36.4 Å². The van der Waals surface area contributed by atoms with E-state index in [0.717, 1.165) is 0 Å². The number of azide groups is 1. The molecule has 0 spiro atoms. The number of piperazine rings is 1. The number of carbonyl (C=O) groups is 1. The molecule has 0 bridgehead atoms. The molecule has 1 aromatic rings. The maximum Gasteiger partial charge on any atom is 0.233 e. The summed E-state index contributed by atoms with van der Waals surface area (Å²) in [4.78, 5) is 17.8. The Morgan fingerprint density at radius 1 is 1.40 bits per heavy atom. The molecule has 106 valence electrons. The molecule has 0 radical (unpaired) electrons. The number of anilines is 1. The summed E-state index contributed by atoms with van der Waals surface area (Å²) >= 11 is 3.14. The predicted molar refractivity (Wildman–Crippen MR) is 77.8 cm³/mol. The maximum atomic E-state index is 14.0. The fourth-order valence-corrected chi connectivity index (χ4v) is 2.50. The molecule has 6 nitrogen and oxygen atoms in total. The second-order valence-electron chi connectivity index (χ2n) is 4.33. The van der Waals surface area contributed by atoms with Crippen LogP contribution in [0.5, 0.6) is 0 Å². The SMILES string of the molecule is [N-]=[N+]=Nc1ccc(N2CCN(C(=O)CBr)CC2)c(F)c1. The van der Waals surface area contributed by atoms with Crippen LogP contribution in [-0.2, 0) is 4.79 Å². The highest BCUT2D eigenvalue weighted by molar-refractivity contribution is 9.09. The lowest BCUT2D eigenvalue weighted by Gasteiger charge is -2.36. The van der Waals surface area contributed by atoms with E-state index in [9.17, 15) is 9.18 Å². The quantitative estimate of drug-likeness (QED) is 0.367. The topological polar surface area (TPSA) is 72.3 Å². The molecule has 20 heavy (non-hydrogen) atoms. The van der Waals surface area contributed by atoms with Crippen molar-refractivity contribution in [3.8, 4) is 0 Å². The molecule has 8 heteroatoms. The molecule has 2 rings (SSSR count). The Morgan fingerprint density at radius 2 is 2.10 bits per heavy atom. The molecule has 0 aromatic heterocycles. The molecule has 0 atom stereocenters. The van der Waals surface area contributed by atoms with Gasteiger partial charge in [0.2, 0.25) is 5.91 Å². The van der Waals surface area contributed by atoms with Crippen LogP contribution in [0.2, 0.25) is 0 Å². The van der Waals surface area contributed by atoms with E-state index in [2.05, 4.69) is 26.0 Å². The van der Waals surface area contributed by atoms with Crippen molar-refractivity contribution in [2.24, 2.45) is 5.11 Å². The first-order valence-corrected chi connectivity index (χ1v) is 7.21. The van der Waals surface area contributed by atoms with Gasteiger partial charge in [-0.25, -0.2) is 4.39 Å². The second-order valence-corrected chi connectivity index (χ2v) is 4.89. The molecular weight excluding hydrogens is 329 g/mol. The molecule has 0 aliphatic carbocycles. The minimum Gasteiger partial charge on any atom is -0.366 e. The third-order valence-electron chi connectivity index (χ3n) is 3.18. The van der Waals surface area contributed by atoms with E-state index >= 15 is 0 Å². The van der Waals surface area contributed by atoms with Crippen molar-refractivity contribution in [1.29, 1.82) is 0 Å². The fraction of sp³-hybridized carbons (Fsp3) is 0.417. The zero-order valence-electron chi connectivity index (χ0n) is 10.7. The van der Waals surface area contributed by atoms with Crippen LogP contribution < -0.4 is 4.90 Å². The van der Waals surface area contributed by atoms with Crippen LogP contribution in [0.3, 0.4) is 0 Å². The Labute approximate surface area is 123 Å². The standard InChI is InChI=1S/C12H13BrFN5O/c13-8-12(20)19-5-3-18(4-6-19)11-2-1-9(16-17-15)7-10(11)14/h1-2,7H,3-6,8H2. The van der Waals surface area contributed by atoms with Gasteiger partial charge >= 0.3 is 0 Å². The summed E-state index contributed by atoms with van der Waals surface area (Å²) < 4.78 is 14.0. The van der Waals surface area contributed by atoms with E-state index in [-0.39, 0.29) is 11.6 Å². The van der Waals surface area contributed by atoms with E-state index in [1.165, 1.54) is 6.07 Å². The molecule has 1 heterocycles. The average Bonchev–Trinajstić information content (AvgIpc) is 2.47. The van der Waals surface area contributed by atoms with Crippen LogP contribution in [0.25, 0.3) is 10.4 Å². The lowest BCUT2D eigenvalue weighted by atomic mass is 10.2. The number of halogens is 2. The van der Waals surface area contributed by atoms with Crippen LogP contribution >= 0.6 is 15.9 Å². The summed E-state index contributed by atoms with van der Waals surface area (Å²) in [5.41, 5.74) is 9.03. The van der Waals surface area contributed by atoms with Gasteiger partial charge in [-0.05, 0) is 17.7 Å². The molecule has 1 saturated heterocycles. The molecule has 0 saturated carbocycles. The van der Waals surface area contributed by atoms with E-state index in [0.29, 0.717) is 37.2 Å². The zero-order chi connectivity index (χ0) is 14.5. The van der Waals surface area contributed by atoms with Gasteiger partial charge in [0.05, 0.1) is 11.0 Å². The van der Waals surface area contributed by atoms with Crippen molar-refractivity contribution < 1.29 is 9.18 Å². The molecule has 1 fully saturated rings. The van der Waals surface area contributed by atoms with E-state index in [1.54, 1.807) is 17.0 Å². The summed E-state index contributed by atoms with van der Waals surface area (Å²) in [5, 5.41) is 3.67. The number of hydrogen-bond acceptors (Lipinski definition) is 3. The van der Waals surface area contributed by atoms with Gasteiger partial charge in [0.15, 0.2) is 0 Å². The third-order valence-corrected chi connectivity index (χ3v) is 3.66. The predicted octanol–water partition coefficient (Wildman–Crippen LogP) is 2.81. The molecule has 1 aliphatic heterocycles. The molecule has 1 aliphatic rings. The Morgan fingerprint density at radius 3 is 2.65 bits per heavy atom. The van der Waals surface area contributed by atoms with Crippen LogP contribution in [0, 0.1) is 5.82 Å². The van der Waals surface area contributed by atoms with Gasteiger partial charge in [0.1, 0.15) is 5.82 Å². The molecule has 1 aromatic carbocycles. The minimum absolute atomic E-state index is 0.0452. The Kier molecular flexibility index (Phi) is 4.81. The first kappa shape index (κ1) is 14.6. The highest BCUT2D eigenvalue weighted by Crippen LogP contribution is 2.25. The fourth-order valence-electron chi connectivity index (χ4n) is 2.15. The number of hydrogen-bond donors (Lipinski definition) is 0. The largest absolute Gasteiger partial charge is 0.366 e. The van der Waals surface area contributed by atoms with E-state index in [1.807, 2.05) is 4.90 Å². The number of rotatable bonds is 3. The Bertz CT molecular complexity index is 553. The zero-order valence-corrected chi connectivity index (χ0v) is 12.3. The molecule has 0 N–H and O–H groups in total. The summed E-state index contributed by atoms with van der Waals surface area (Å²) in [6.07, 6.45) is 0. The average molecular weight is 342 g/mol. The summed E-state index contributed by atoms with van der Waals surface area (Å²) in [7, 11) is 0. The highest BCUT2D eigenvalue weighted by atomic mass is 79.9. The summed E-state index contributed by atoms with van der Waals surface area (Å²) in [6, 6.07) is 4.39. The summed E-state index contributed by atoms with van der Waals surface area (Å²) in [5.74, 6) is -0.376. The molecule has 1 amide bonds. The van der Waals surface area contributed by atoms with Gasteiger partial charge in [-0.3, -0.25) is 4.79 Å². The second kappa shape index (κ2) is 6.58. The van der Waals surface area contributed by atoms with Crippen LogP contribution in [0.15, 0.2) is 23.3 Å².